The molecular formula is C24H41NO2. The molecule has 0 saturated heterocycles. The summed E-state index contributed by atoms with van der Waals surface area (Å²) in [6, 6.07) is 10.8. The van der Waals surface area contributed by atoms with Crippen molar-refractivity contribution in [2.45, 2.75) is 90.5 Å². The lowest BCUT2D eigenvalue weighted by Crippen LogP contribution is -2.25. The molecule has 0 heterocycles. The first-order valence-corrected chi connectivity index (χ1v) is 11.1. The van der Waals surface area contributed by atoms with Crippen molar-refractivity contribution in [1.29, 1.82) is 0 Å². The fourth-order valence-electron chi connectivity index (χ4n) is 3.46. The van der Waals surface area contributed by atoms with Crippen molar-refractivity contribution < 1.29 is 9.53 Å². The maximum absolute atomic E-state index is 11.1. The zero-order valence-electron chi connectivity index (χ0n) is 17.8. The summed E-state index contributed by atoms with van der Waals surface area (Å²) < 4.78 is 4.69. The van der Waals surface area contributed by atoms with Crippen LogP contribution in [-0.2, 0) is 16.1 Å². The third-order valence-electron chi connectivity index (χ3n) is 5.16. The van der Waals surface area contributed by atoms with Crippen molar-refractivity contribution in [3.63, 3.8) is 0 Å². The predicted octanol–water partition coefficient (Wildman–Crippen LogP) is 6.36. The highest BCUT2D eigenvalue weighted by Gasteiger charge is 2.06. The van der Waals surface area contributed by atoms with E-state index in [9.17, 15) is 4.79 Å². The second kappa shape index (κ2) is 16.8. The summed E-state index contributed by atoms with van der Waals surface area (Å²) in [6.45, 7) is 5.74. The Morgan fingerprint density at radius 1 is 0.815 bits per heavy atom. The molecule has 0 radical (unpaired) electrons. The minimum absolute atomic E-state index is 0.0806. The SMILES string of the molecule is CCCCCCCCN(CCCCCCCC(=O)OC)Cc1ccccc1. The average molecular weight is 376 g/mol. The highest BCUT2D eigenvalue weighted by atomic mass is 16.5. The molecular weight excluding hydrogens is 334 g/mol. The Hall–Kier alpha value is -1.35. The summed E-state index contributed by atoms with van der Waals surface area (Å²) in [5.41, 5.74) is 1.42. The standard InChI is InChI=1S/C24H41NO2/c1-3-4-5-6-9-15-20-25(22-23-17-12-11-13-18-23)21-16-10-7-8-14-19-24(26)27-2/h11-13,17-18H,3-10,14-16,19-22H2,1-2H3. The molecule has 0 aliphatic heterocycles. The zero-order chi connectivity index (χ0) is 19.6. The second-order valence-electron chi connectivity index (χ2n) is 7.62. The van der Waals surface area contributed by atoms with E-state index in [4.69, 9.17) is 0 Å². The smallest absolute Gasteiger partial charge is 0.305 e. The molecule has 0 unspecified atom stereocenters. The number of carbonyl (C=O) groups is 1. The number of methoxy groups -OCH3 is 1. The van der Waals surface area contributed by atoms with E-state index >= 15 is 0 Å². The summed E-state index contributed by atoms with van der Waals surface area (Å²) in [7, 11) is 1.47. The third-order valence-corrected chi connectivity index (χ3v) is 5.16. The van der Waals surface area contributed by atoms with Crippen LogP contribution in [0.15, 0.2) is 30.3 Å². The van der Waals surface area contributed by atoms with E-state index in [1.54, 1.807) is 0 Å². The number of nitrogens with zero attached hydrogens (tertiary/aromatic N) is 1. The van der Waals surface area contributed by atoms with Gasteiger partial charge in [0.2, 0.25) is 0 Å². The van der Waals surface area contributed by atoms with Crippen LogP contribution in [0.5, 0.6) is 0 Å². The molecule has 0 bridgehead atoms. The van der Waals surface area contributed by atoms with Crippen LogP contribution in [0.2, 0.25) is 0 Å². The highest BCUT2D eigenvalue weighted by Crippen LogP contribution is 2.12. The van der Waals surface area contributed by atoms with Gasteiger partial charge in [0.15, 0.2) is 0 Å². The van der Waals surface area contributed by atoms with Gasteiger partial charge >= 0.3 is 5.97 Å². The van der Waals surface area contributed by atoms with E-state index in [0.717, 1.165) is 19.4 Å². The van der Waals surface area contributed by atoms with Crippen LogP contribution in [0.3, 0.4) is 0 Å². The van der Waals surface area contributed by atoms with Crippen LogP contribution in [0.4, 0.5) is 0 Å². The molecule has 27 heavy (non-hydrogen) atoms. The van der Waals surface area contributed by atoms with E-state index in [1.807, 2.05) is 0 Å². The number of benzene rings is 1. The first kappa shape index (κ1) is 23.7. The van der Waals surface area contributed by atoms with Crippen LogP contribution in [-0.4, -0.2) is 31.1 Å². The normalized spacial score (nSPS) is 11.1. The summed E-state index contributed by atoms with van der Waals surface area (Å²) >= 11 is 0. The number of unbranched alkanes of at least 4 members (excludes halogenated alkanes) is 9. The fraction of sp³-hybridized carbons (Fsp3) is 0.708. The van der Waals surface area contributed by atoms with Gasteiger partial charge in [-0.05, 0) is 37.9 Å². The lowest BCUT2D eigenvalue weighted by molar-refractivity contribution is -0.140. The van der Waals surface area contributed by atoms with Crippen molar-refractivity contribution in [1.82, 2.24) is 4.90 Å². The molecule has 0 fully saturated rings. The Morgan fingerprint density at radius 2 is 1.37 bits per heavy atom. The summed E-state index contributed by atoms with van der Waals surface area (Å²) in [6.07, 6.45) is 14.5. The molecule has 0 aliphatic carbocycles. The van der Waals surface area contributed by atoms with Crippen LogP contribution in [0.1, 0.15) is 89.5 Å². The Bertz CT molecular complexity index is 461. The minimum Gasteiger partial charge on any atom is -0.469 e. The van der Waals surface area contributed by atoms with Gasteiger partial charge in [-0.25, -0.2) is 0 Å². The zero-order valence-corrected chi connectivity index (χ0v) is 17.8. The summed E-state index contributed by atoms with van der Waals surface area (Å²) in [5, 5.41) is 0. The highest BCUT2D eigenvalue weighted by molar-refractivity contribution is 5.68. The van der Waals surface area contributed by atoms with Crippen LogP contribution < -0.4 is 0 Å². The van der Waals surface area contributed by atoms with Crippen molar-refractivity contribution in [2.24, 2.45) is 0 Å². The lowest BCUT2D eigenvalue weighted by Gasteiger charge is -2.22. The summed E-state index contributed by atoms with van der Waals surface area (Å²) in [5.74, 6) is -0.0806. The van der Waals surface area contributed by atoms with Gasteiger partial charge in [-0.1, -0.05) is 88.6 Å². The molecule has 0 saturated carbocycles. The molecule has 3 heteroatoms. The Morgan fingerprint density at radius 3 is 1.96 bits per heavy atom. The molecule has 0 aromatic heterocycles. The van der Waals surface area contributed by atoms with Crippen molar-refractivity contribution in [2.75, 3.05) is 20.2 Å². The van der Waals surface area contributed by atoms with E-state index < -0.39 is 0 Å². The van der Waals surface area contributed by atoms with Gasteiger partial charge in [0.25, 0.3) is 0 Å². The van der Waals surface area contributed by atoms with Gasteiger partial charge in [0.1, 0.15) is 0 Å². The number of rotatable bonds is 17. The second-order valence-corrected chi connectivity index (χ2v) is 7.62. The number of hydrogen-bond donors (Lipinski definition) is 0. The number of esters is 1. The van der Waals surface area contributed by atoms with Gasteiger partial charge in [-0.3, -0.25) is 9.69 Å². The fourth-order valence-corrected chi connectivity index (χ4v) is 3.46. The molecule has 154 valence electrons. The monoisotopic (exact) mass is 375 g/mol. The number of hydrogen-bond acceptors (Lipinski definition) is 3. The number of carbonyl (C=O) groups excluding carboxylic acids is 1. The number of ether oxygens (including phenoxy) is 1. The molecule has 0 atom stereocenters. The first-order chi connectivity index (χ1) is 13.3. The molecule has 0 N–H and O–H groups in total. The van der Waals surface area contributed by atoms with Gasteiger partial charge in [0.05, 0.1) is 7.11 Å². The molecule has 0 spiro atoms. The first-order valence-electron chi connectivity index (χ1n) is 11.1. The molecule has 3 nitrogen and oxygen atoms in total. The molecule has 0 amide bonds. The van der Waals surface area contributed by atoms with E-state index in [-0.39, 0.29) is 5.97 Å². The Balaban J connectivity index is 2.21. The van der Waals surface area contributed by atoms with E-state index in [0.29, 0.717) is 6.42 Å². The average Bonchev–Trinajstić information content (AvgIpc) is 2.70. The van der Waals surface area contributed by atoms with Crippen molar-refractivity contribution in [3.8, 4) is 0 Å². The van der Waals surface area contributed by atoms with Crippen molar-refractivity contribution >= 4 is 5.97 Å². The lowest BCUT2D eigenvalue weighted by atomic mass is 10.1. The van der Waals surface area contributed by atoms with Gasteiger partial charge in [-0.2, -0.15) is 0 Å². The Kier molecular flexibility index (Phi) is 14.7. The maximum atomic E-state index is 11.1. The van der Waals surface area contributed by atoms with E-state index in [1.165, 1.54) is 83.6 Å². The Labute approximate surface area is 167 Å². The quantitative estimate of drug-likeness (QED) is 0.234. The maximum Gasteiger partial charge on any atom is 0.305 e. The van der Waals surface area contributed by atoms with Gasteiger partial charge < -0.3 is 4.74 Å². The third kappa shape index (κ3) is 13.5. The van der Waals surface area contributed by atoms with Crippen LogP contribution in [0.25, 0.3) is 0 Å². The predicted molar refractivity (Wildman–Crippen MR) is 115 cm³/mol. The minimum atomic E-state index is -0.0806. The van der Waals surface area contributed by atoms with Gasteiger partial charge in [-0.15, -0.1) is 0 Å². The van der Waals surface area contributed by atoms with Crippen LogP contribution in [0, 0.1) is 0 Å². The topological polar surface area (TPSA) is 29.5 Å². The largest absolute Gasteiger partial charge is 0.469 e. The molecule has 1 aromatic rings. The van der Waals surface area contributed by atoms with E-state index in [2.05, 4.69) is 46.9 Å². The molecule has 0 aliphatic rings. The van der Waals surface area contributed by atoms with Crippen LogP contribution >= 0.6 is 0 Å². The summed E-state index contributed by atoms with van der Waals surface area (Å²) in [4.78, 5) is 13.7. The molecule has 1 aromatic carbocycles. The van der Waals surface area contributed by atoms with Gasteiger partial charge in [0, 0.05) is 13.0 Å². The molecule has 1 rings (SSSR count). The van der Waals surface area contributed by atoms with Crippen molar-refractivity contribution in [3.05, 3.63) is 35.9 Å².